The van der Waals surface area contributed by atoms with Gasteiger partial charge in [0.2, 0.25) is 0 Å². The van der Waals surface area contributed by atoms with E-state index in [4.69, 9.17) is 91.4 Å². The molecule has 0 bridgehead atoms. The van der Waals surface area contributed by atoms with E-state index < -0.39 is 271 Å². The van der Waals surface area contributed by atoms with E-state index >= 15 is 0 Å². The van der Waals surface area contributed by atoms with Gasteiger partial charge in [-0.25, -0.2) is 0 Å². The summed E-state index contributed by atoms with van der Waals surface area (Å²) >= 11 is 0. The first kappa shape index (κ1) is 113. The Morgan fingerprint density at radius 3 is 0.766 bits per heavy atom. The molecule has 128 heavy (non-hydrogen) atoms. The number of ether oxygens (including phenoxy) is 17. The summed E-state index contributed by atoms with van der Waals surface area (Å²) < 4.78 is 92.7. The molecule has 0 radical (unpaired) electrons. The van der Waals surface area contributed by atoms with E-state index in [9.17, 15) is 144 Å². The van der Waals surface area contributed by atoms with E-state index in [1.54, 1.807) is 6.92 Å². The van der Waals surface area contributed by atoms with Crippen LogP contribution in [0.15, 0.2) is 21.1 Å². The molecule has 24 N–H and O–H groups in total. The molecule has 0 aromatic heterocycles. The monoisotopic (exact) mass is 1880 g/mol. The molecule has 60 heteroatoms. The van der Waals surface area contributed by atoms with Crippen molar-refractivity contribution in [3.05, 3.63) is 41.7 Å². The third-order valence-electron chi connectivity index (χ3n) is 22.3. The zero-order valence-electron chi connectivity index (χ0n) is 71.9. The average molecular weight is 1880 g/mol. The number of aliphatic hydroxyl groups is 21. The largest absolute Gasteiger partial charge is 0.737 e. The van der Waals surface area contributed by atoms with Gasteiger partial charge in [0.15, 0.2) is 25.2 Å². The van der Waals surface area contributed by atoms with E-state index in [0.29, 0.717) is 6.42 Å². The predicted octanol–water partition coefficient (Wildman–Crippen LogP) is -14.4. The first-order chi connectivity index (χ1) is 60.8. The third-order valence-corrected chi connectivity index (χ3v) is 22.3. The lowest BCUT2D eigenvalue weighted by molar-refractivity contribution is -0.693. The summed E-state index contributed by atoms with van der Waals surface area (Å²) in [6.07, 6.45) is -51.2. The molecule has 8 saturated heterocycles. The molecule has 8 heterocycles. The van der Waals surface area contributed by atoms with Crippen LogP contribution < -0.4 is 11.1 Å². The summed E-state index contributed by atoms with van der Waals surface area (Å²) in [5.74, 6) is 0. The van der Waals surface area contributed by atoms with Crippen molar-refractivity contribution >= 4 is 0 Å². The van der Waals surface area contributed by atoms with Crippen LogP contribution in [0, 0.1) is 41.7 Å². The van der Waals surface area contributed by atoms with Gasteiger partial charge in [0.05, 0.1) is 83.7 Å². The molecular formula is C68H130N14O46-4. The normalized spacial score (nSPS) is 40.9. The van der Waals surface area contributed by atoms with Crippen molar-refractivity contribution in [3.8, 4) is 0 Å². The van der Waals surface area contributed by atoms with Crippen LogP contribution in [0.2, 0.25) is 0 Å². The number of rotatable bonds is 40. The van der Waals surface area contributed by atoms with Crippen LogP contribution in [0.25, 0.3) is 0 Å². The molecule has 8 fully saturated rings. The van der Waals surface area contributed by atoms with Gasteiger partial charge in [0.25, 0.3) is 0 Å². The Hall–Kier alpha value is -5.60. The van der Waals surface area contributed by atoms with Crippen molar-refractivity contribution < 1.29 is 208 Å². The molecule has 0 spiro atoms. The minimum atomic E-state index is -1.67. The molecule has 0 amide bonds. The number of methoxy groups -OCH3 is 5. The van der Waals surface area contributed by atoms with Crippen molar-refractivity contribution in [1.29, 1.82) is 0 Å². The highest BCUT2D eigenvalue weighted by atomic mass is 16.8. The molecular weight excluding hydrogens is 1750 g/mol. The van der Waals surface area contributed by atoms with Crippen LogP contribution in [0.3, 0.4) is 0 Å². The maximum atomic E-state index is 11.9. The maximum absolute atomic E-state index is 11.9. The smallest absolute Gasteiger partial charge is 0.187 e. The Labute approximate surface area is 732 Å². The van der Waals surface area contributed by atoms with Crippen molar-refractivity contribution in [2.24, 2.45) is 26.8 Å². The first-order valence-electron chi connectivity index (χ1n) is 40.8. The second-order valence-electron chi connectivity index (χ2n) is 30.7. The van der Waals surface area contributed by atoms with E-state index in [2.05, 4.69) is 26.4 Å². The maximum Gasteiger partial charge on any atom is 0.187 e. The lowest BCUT2D eigenvalue weighted by Crippen LogP contribution is -2.65. The van der Waals surface area contributed by atoms with Crippen LogP contribution >= 0.6 is 0 Å². The number of nitrogens with zero attached hydrogens (tertiary/aromatic N) is 12. The summed E-state index contributed by atoms with van der Waals surface area (Å²) in [5, 5.41) is 319. The molecule has 8 aliphatic heterocycles. The van der Waals surface area contributed by atoms with Crippen molar-refractivity contribution in [2.75, 3.05) is 147 Å². The van der Waals surface area contributed by atoms with Gasteiger partial charge >= 0.3 is 0 Å². The van der Waals surface area contributed by atoms with Gasteiger partial charge < -0.3 is 240 Å². The fourth-order valence-corrected chi connectivity index (χ4v) is 15.2. The Kier molecular flexibility index (Phi) is 48.8. The number of nitrogens with two attached hydrogens (primary N) is 1. The summed E-state index contributed by atoms with van der Waals surface area (Å²) in [7, 11) is 6.41. The van der Waals surface area contributed by atoms with Gasteiger partial charge in [-0.2, -0.15) is 0 Å². The summed E-state index contributed by atoms with van der Waals surface area (Å²) in [6, 6.07) is 0. The third kappa shape index (κ3) is 29.2. The highest BCUT2D eigenvalue weighted by Crippen LogP contribution is 2.37. The number of hydrazine groups is 4. The van der Waals surface area contributed by atoms with E-state index in [1.807, 2.05) is 0 Å². The fraction of sp³-hybridized carbons (Fsp3) is 1.00. The number of nitrogens with one attached hydrogen (secondary N) is 1. The molecule has 4 unspecified atom stereocenters. The Balaban J connectivity index is 0.000000303. The van der Waals surface area contributed by atoms with Crippen LogP contribution in [0.4, 0.5) is 0 Å². The second-order valence-corrected chi connectivity index (χ2v) is 30.7. The Morgan fingerprint density at radius 2 is 0.555 bits per heavy atom. The van der Waals surface area contributed by atoms with Gasteiger partial charge in [-0.05, 0) is 55.2 Å². The van der Waals surface area contributed by atoms with E-state index in [-0.39, 0.29) is 105 Å². The summed E-state index contributed by atoms with van der Waals surface area (Å²) in [5.41, 5.74) is 5.44. The van der Waals surface area contributed by atoms with Crippen molar-refractivity contribution in [1.82, 2.24) is 25.4 Å². The minimum Gasteiger partial charge on any atom is -0.737 e. The van der Waals surface area contributed by atoms with Gasteiger partial charge in [-0.15, -0.1) is 20.0 Å². The van der Waals surface area contributed by atoms with Crippen molar-refractivity contribution in [3.63, 3.8) is 0 Å². The van der Waals surface area contributed by atoms with E-state index in [0.717, 1.165) is 20.0 Å². The molecule has 752 valence electrons. The fourth-order valence-electron chi connectivity index (χ4n) is 15.2. The predicted molar refractivity (Wildman–Crippen MR) is 414 cm³/mol. The quantitative estimate of drug-likeness (QED) is 0.0117. The lowest BCUT2D eigenvalue weighted by Gasteiger charge is -2.46. The highest BCUT2D eigenvalue weighted by molar-refractivity contribution is 5.01. The standard InChI is InChI=1S/C18H36N4O12.C17H33N3O12.C17H33N3O11.C16H32N4O11/c1-9-12(25)13(26)17(11(8-24)32-9)34-18-15(28)14(27)16(31-2)10(33-18)7-21(22(30)20-29)5-3-19-4-6-23;1-8-11(22)12(23)16(10(7-21)30-8)32-17-14(25)13(24)15(29-3)9(31-17)6-19(4-5-28-2)20(27)18-26;1-4-5-19(20(27)18-26)6-9-15(28-3)13(24)14(25)17(30-9)31-16-10(7-21)29-8(2)11(22)12(16)23;1-7-10(22)11(23)15(9(6-21)29-7)31-16-13(25)12(24)14(28-2)8(30-16)5-19(4-3-17)20(27)18-26/h9-19,23-29H,3-8H2,1-2H3;8-17,21-26H,4-7H2,1-3H3;8-17,21-26H,4-7H2,1-3H3;7-16,21-26H,3-6,17H2,1-2H3/p-4/b22-20-;3*20-18-/t9-,10-,11-,12+,13-,14-,15-,16-,17?,18-;2*8-,9-,10-,11+,12-,13-,14-,15-,16?,17-;7-,8-,9-,10+,11-,12-,13-,14-,15?,16-/m1111/s1. The van der Waals surface area contributed by atoms with Gasteiger partial charge in [0, 0.05) is 75.1 Å². The summed E-state index contributed by atoms with van der Waals surface area (Å²) in [6.45, 7) is 4.83. The molecule has 0 aromatic carbocycles. The lowest BCUT2D eigenvalue weighted by atomic mass is 9.94. The molecule has 8 rings (SSSR count). The van der Waals surface area contributed by atoms with Crippen molar-refractivity contribution in [2.45, 2.75) is 286 Å². The average Bonchev–Trinajstić information content (AvgIpc) is 0.792. The zero-order chi connectivity index (χ0) is 96.0. The number of hydrogen-bond acceptors (Lipinski definition) is 52. The van der Waals surface area contributed by atoms with Crippen LogP contribution in [-0.2, 0) is 80.5 Å². The zero-order valence-corrected chi connectivity index (χ0v) is 71.9. The molecule has 60 nitrogen and oxygen atoms in total. The SMILES string of the molecule is CCCN(C[C@H]1O[C@H](OC2[C@@H](CO)O[C@H](C)[C@H](O)[C@H]2O)[C@H](O)[C@@H](O)[C@@H]1OC)/[N+]([O-])=N/[O-].COCCN(C[C@H]1O[C@H](OC2[C@@H](CO)O[C@H](C)[C@H](O)[C@H]2O)[C@H](O)[C@@H](O)[C@@H]1OC)/[N+]([O-])=N/[O-].CO[C@H]1[C@H](O)[C@@H](O)[C@@H](OC2[C@@H](CO)O[C@H](C)[C@H](O)[C@H]2O)O[C@@H]1CN(CCN)/[N+]([O-])=N/[O-].CO[C@H]1[C@H](O)[C@@H](O)[C@@H](OC2[C@@H](CO)O[C@H](C)[C@H](O)[C@H]2O)O[C@@H]1CN(CCNCCO)/[N+]([O-])=N/[O-]. The highest BCUT2D eigenvalue weighted by Gasteiger charge is 2.57. The molecule has 0 aliphatic carbocycles. The summed E-state index contributed by atoms with van der Waals surface area (Å²) in [4.78, 5) is -0.789. The molecule has 8 aliphatic rings. The van der Waals surface area contributed by atoms with E-state index in [1.165, 1.54) is 63.2 Å². The topological polar surface area (TPSA) is 879 Å². The van der Waals surface area contributed by atoms with Gasteiger partial charge in [-0.3, -0.25) is 0 Å². The Morgan fingerprint density at radius 1 is 0.320 bits per heavy atom. The molecule has 40 atom stereocenters. The van der Waals surface area contributed by atoms with Crippen LogP contribution in [-0.4, -0.2) is 539 Å². The van der Waals surface area contributed by atoms with Crippen LogP contribution in [0.5, 0.6) is 0 Å². The Bertz CT molecular complexity index is 3100. The van der Waals surface area contributed by atoms with Gasteiger partial charge in [-0.1, -0.05) is 6.92 Å². The second kappa shape index (κ2) is 55.3. The number of hydrogen-bond donors (Lipinski definition) is 23. The minimum absolute atomic E-state index is 0.00357. The first-order valence-corrected chi connectivity index (χ1v) is 40.8. The van der Waals surface area contributed by atoms with Crippen LogP contribution in [0.1, 0.15) is 41.0 Å². The number of aliphatic hydroxyl groups excluding tert-OH is 21. The van der Waals surface area contributed by atoms with Gasteiger partial charge in [0.1, 0.15) is 228 Å². The molecule has 0 saturated carbocycles. The molecule has 0 aromatic rings.